The fourth-order valence-corrected chi connectivity index (χ4v) is 3.47. The number of carbonyl (C=O) groups excluding carboxylic acids is 3. The summed E-state index contributed by atoms with van der Waals surface area (Å²) in [5.41, 5.74) is 0. The van der Waals surface area contributed by atoms with E-state index in [2.05, 4.69) is 61.3 Å². The van der Waals surface area contributed by atoms with Gasteiger partial charge in [0.05, 0.1) is 19.8 Å². The number of rotatable bonds is 21. The van der Waals surface area contributed by atoms with E-state index >= 15 is 0 Å². The average molecular weight is 553 g/mol. The van der Waals surface area contributed by atoms with E-state index in [9.17, 15) is 14.4 Å². The van der Waals surface area contributed by atoms with Gasteiger partial charge in [-0.05, 0) is 37.0 Å². The van der Waals surface area contributed by atoms with Crippen LogP contribution in [0.15, 0.2) is 38.0 Å². The SMILES string of the molecule is C=CC(=O)OCC(CC)CCCC.C=CC(=O)OCC(CC)CCCC.C=CC(=O)OCC(CC)CCCC. The molecule has 6 heteroatoms. The zero-order valence-corrected chi connectivity index (χ0v) is 26.1. The third-order valence-electron chi connectivity index (χ3n) is 6.51. The van der Waals surface area contributed by atoms with Crippen LogP contribution >= 0.6 is 0 Å². The largest absolute Gasteiger partial charge is 0.462 e. The highest BCUT2D eigenvalue weighted by Gasteiger charge is 2.09. The Morgan fingerprint density at radius 1 is 0.513 bits per heavy atom. The molecular weight excluding hydrogens is 492 g/mol. The number of esters is 3. The summed E-state index contributed by atoms with van der Waals surface area (Å²) in [4.78, 5) is 32.3. The van der Waals surface area contributed by atoms with Gasteiger partial charge in [0, 0.05) is 18.2 Å². The van der Waals surface area contributed by atoms with E-state index in [0.29, 0.717) is 37.6 Å². The molecule has 0 saturated heterocycles. The van der Waals surface area contributed by atoms with Crippen LogP contribution in [0.1, 0.15) is 119 Å². The molecular formula is C33H60O6. The Balaban J connectivity index is -0.000000498. The monoisotopic (exact) mass is 552 g/mol. The number of hydrogen-bond donors (Lipinski definition) is 0. The molecule has 0 saturated carbocycles. The molecule has 0 heterocycles. The van der Waals surface area contributed by atoms with E-state index in [1.165, 1.54) is 56.8 Å². The van der Waals surface area contributed by atoms with Gasteiger partial charge < -0.3 is 14.2 Å². The fourth-order valence-electron chi connectivity index (χ4n) is 3.47. The molecule has 39 heavy (non-hydrogen) atoms. The van der Waals surface area contributed by atoms with Gasteiger partial charge in [-0.1, -0.05) is 119 Å². The predicted octanol–water partition coefficient (Wildman–Crippen LogP) is 8.80. The van der Waals surface area contributed by atoms with Gasteiger partial charge in [-0.2, -0.15) is 0 Å². The van der Waals surface area contributed by atoms with E-state index < -0.39 is 0 Å². The van der Waals surface area contributed by atoms with Crippen LogP contribution in [0.5, 0.6) is 0 Å². The van der Waals surface area contributed by atoms with Crippen molar-refractivity contribution in [3.8, 4) is 0 Å². The van der Waals surface area contributed by atoms with Gasteiger partial charge in [0.2, 0.25) is 0 Å². The van der Waals surface area contributed by atoms with Crippen molar-refractivity contribution in [3.63, 3.8) is 0 Å². The molecule has 0 aliphatic carbocycles. The van der Waals surface area contributed by atoms with Crippen LogP contribution in [0.2, 0.25) is 0 Å². The summed E-state index contributed by atoms with van der Waals surface area (Å²) >= 11 is 0. The summed E-state index contributed by atoms with van der Waals surface area (Å²) in [7, 11) is 0. The van der Waals surface area contributed by atoms with Crippen molar-refractivity contribution in [2.24, 2.45) is 17.8 Å². The Hall–Kier alpha value is -2.37. The van der Waals surface area contributed by atoms with Crippen molar-refractivity contribution in [2.75, 3.05) is 19.8 Å². The van der Waals surface area contributed by atoms with Crippen LogP contribution in [0, 0.1) is 17.8 Å². The second-order valence-electron chi connectivity index (χ2n) is 9.75. The molecule has 0 aliphatic heterocycles. The van der Waals surface area contributed by atoms with E-state index in [0.717, 1.165) is 38.5 Å². The molecule has 0 aromatic heterocycles. The molecule has 0 radical (unpaired) electrons. The van der Waals surface area contributed by atoms with E-state index in [1.54, 1.807) is 0 Å². The Kier molecular flexibility index (Phi) is 33.6. The summed E-state index contributed by atoms with van der Waals surface area (Å²) in [5.74, 6) is 0.622. The second kappa shape index (κ2) is 31.8. The summed E-state index contributed by atoms with van der Waals surface area (Å²) in [5, 5.41) is 0. The first-order chi connectivity index (χ1) is 18.7. The number of hydrogen-bond acceptors (Lipinski definition) is 6. The van der Waals surface area contributed by atoms with Crippen molar-refractivity contribution in [1.82, 2.24) is 0 Å². The molecule has 0 aromatic carbocycles. The third kappa shape index (κ3) is 30.0. The minimum absolute atomic E-state index is 0.310. The lowest BCUT2D eigenvalue weighted by Crippen LogP contribution is -2.12. The summed E-state index contributed by atoms with van der Waals surface area (Å²) < 4.78 is 15.0. The quantitative estimate of drug-likeness (QED) is 0.0804. The molecule has 6 nitrogen and oxygen atoms in total. The standard InChI is InChI=1S/3C11H20O2/c3*1-4-7-8-10(5-2)9-13-11(12)6-3/h3*6,10H,3-5,7-9H2,1-2H3. The zero-order valence-electron chi connectivity index (χ0n) is 26.1. The van der Waals surface area contributed by atoms with E-state index in [4.69, 9.17) is 14.2 Å². The highest BCUT2D eigenvalue weighted by molar-refractivity contribution is 5.81. The minimum atomic E-state index is -0.310. The highest BCUT2D eigenvalue weighted by Crippen LogP contribution is 2.14. The molecule has 3 atom stereocenters. The average Bonchev–Trinajstić information content (AvgIpc) is 2.97. The van der Waals surface area contributed by atoms with Crippen LogP contribution in [0.25, 0.3) is 0 Å². The lowest BCUT2D eigenvalue weighted by Gasteiger charge is -2.13. The molecule has 0 spiro atoms. The molecule has 0 rings (SSSR count). The molecule has 0 aliphatic rings. The van der Waals surface area contributed by atoms with Crippen LogP contribution in [-0.2, 0) is 28.6 Å². The van der Waals surface area contributed by atoms with Gasteiger partial charge in [0.15, 0.2) is 0 Å². The maximum absolute atomic E-state index is 10.8. The summed E-state index contributed by atoms with van der Waals surface area (Å²) in [6.45, 7) is 24.6. The Labute approximate surface area is 240 Å². The lowest BCUT2D eigenvalue weighted by molar-refractivity contribution is -0.140. The summed E-state index contributed by atoms with van der Waals surface area (Å²) in [6, 6.07) is 0. The normalized spacial score (nSPS) is 12.2. The maximum atomic E-state index is 10.8. The van der Waals surface area contributed by atoms with Gasteiger partial charge in [-0.25, -0.2) is 14.4 Å². The van der Waals surface area contributed by atoms with Crippen molar-refractivity contribution in [1.29, 1.82) is 0 Å². The predicted molar refractivity (Wildman–Crippen MR) is 163 cm³/mol. The molecule has 3 unspecified atom stereocenters. The Morgan fingerprint density at radius 3 is 0.897 bits per heavy atom. The zero-order chi connectivity index (χ0) is 30.3. The van der Waals surface area contributed by atoms with E-state index in [1.807, 2.05) is 0 Å². The van der Waals surface area contributed by atoms with Crippen molar-refractivity contribution >= 4 is 17.9 Å². The van der Waals surface area contributed by atoms with Crippen molar-refractivity contribution in [3.05, 3.63) is 38.0 Å². The van der Waals surface area contributed by atoms with Crippen molar-refractivity contribution in [2.45, 2.75) is 119 Å². The maximum Gasteiger partial charge on any atom is 0.330 e. The van der Waals surface area contributed by atoms with Gasteiger partial charge in [-0.15, -0.1) is 0 Å². The first-order valence-corrected chi connectivity index (χ1v) is 15.1. The van der Waals surface area contributed by atoms with Gasteiger partial charge in [0.25, 0.3) is 0 Å². The number of ether oxygens (including phenoxy) is 3. The Morgan fingerprint density at radius 2 is 0.744 bits per heavy atom. The number of unbranched alkanes of at least 4 members (excludes halogenated alkanes) is 3. The molecule has 228 valence electrons. The minimum Gasteiger partial charge on any atom is -0.462 e. The second-order valence-corrected chi connectivity index (χ2v) is 9.75. The van der Waals surface area contributed by atoms with E-state index in [-0.39, 0.29) is 17.9 Å². The fraction of sp³-hybridized carbons (Fsp3) is 0.727. The molecule has 0 bridgehead atoms. The number of carbonyl (C=O) groups is 3. The van der Waals surface area contributed by atoms with Crippen LogP contribution in [-0.4, -0.2) is 37.7 Å². The van der Waals surface area contributed by atoms with Crippen LogP contribution < -0.4 is 0 Å². The highest BCUT2D eigenvalue weighted by atomic mass is 16.5. The molecule has 0 amide bonds. The lowest BCUT2D eigenvalue weighted by atomic mass is 10.0. The van der Waals surface area contributed by atoms with Crippen LogP contribution in [0.3, 0.4) is 0 Å². The Bertz CT molecular complexity index is 542. The topological polar surface area (TPSA) is 78.9 Å². The first kappa shape index (κ1) is 41.1. The van der Waals surface area contributed by atoms with Gasteiger partial charge in [0.1, 0.15) is 0 Å². The molecule has 0 N–H and O–H groups in total. The smallest absolute Gasteiger partial charge is 0.330 e. The molecule has 0 fully saturated rings. The first-order valence-electron chi connectivity index (χ1n) is 15.1. The molecule has 0 aromatic rings. The van der Waals surface area contributed by atoms with Gasteiger partial charge in [-0.3, -0.25) is 0 Å². The summed E-state index contributed by atoms with van der Waals surface area (Å²) in [6.07, 6.45) is 17.6. The van der Waals surface area contributed by atoms with Gasteiger partial charge >= 0.3 is 17.9 Å². The van der Waals surface area contributed by atoms with Crippen LogP contribution in [0.4, 0.5) is 0 Å². The third-order valence-corrected chi connectivity index (χ3v) is 6.51. The van der Waals surface area contributed by atoms with Crippen molar-refractivity contribution < 1.29 is 28.6 Å².